The van der Waals surface area contributed by atoms with Crippen molar-refractivity contribution in [1.29, 1.82) is 0 Å². The lowest BCUT2D eigenvalue weighted by molar-refractivity contribution is -0.133. The van der Waals surface area contributed by atoms with Crippen LogP contribution in [-0.2, 0) is 14.8 Å². The van der Waals surface area contributed by atoms with Crippen molar-refractivity contribution in [3.8, 4) is 0 Å². The van der Waals surface area contributed by atoms with E-state index in [0.717, 1.165) is 0 Å². The Bertz CT molecular complexity index is 1040. The van der Waals surface area contributed by atoms with E-state index >= 15 is 0 Å². The second kappa shape index (κ2) is 8.73. The molecule has 2 aromatic rings. The third-order valence-electron chi connectivity index (χ3n) is 4.74. The number of rotatable bonds is 7. The largest absolute Gasteiger partial charge is 0.284 e. The average molecular weight is 418 g/mol. The van der Waals surface area contributed by atoms with Crippen LogP contribution in [0.2, 0.25) is 0 Å². The molecule has 1 aliphatic rings. The molecular weight excluding hydrogens is 393 g/mol. The molecule has 2 aromatic carbocycles. The van der Waals surface area contributed by atoms with Crippen LogP contribution in [0.5, 0.6) is 0 Å². The number of hydrazone groups is 1. The van der Waals surface area contributed by atoms with Crippen molar-refractivity contribution in [2.45, 2.75) is 39.2 Å². The maximum absolute atomic E-state index is 14.4. The van der Waals surface area contributed by atoms with Crippen LogP contribution in [0.3, 0.4) is 0 Å². The summed E-state index contributed by atoms with van der Waals surface area (Å²) >= 11 is 0. The van der Waals surface area contributed by atoms with E-state index in [4.69, 9.17) is 0 Å². The fourth-order valence-corrected chi connectivity index (χ4v) is 3.88. The zero-order valence-corrected chi connectivity index (χ0v) is 17.2. The number of nitrogens with one attached hydrogen (secondary N) is 1. The molecule has 0 aliphatic carbocycles. The van der Waals surface area contributed by atoms with Crippen LogP contribution >= 0.6 is 0 Å². The molecule has 0 fully saturated rings. The molecule has 0 aromatic heterocycles. The molecule has 1 N–H and O–H groups in total. The quantitative estimate of drug-likeness (QED) is 0.738. The predicted octanol–water partition coefficient (Wildman–Crippen LogP) is 4.07. The molecule has 0 saturated carbocycles. The van der Waals surface area contributed by atoms with Gasteiger partial charge in [0.2, 0.25) is 15.9 Å². The number of nitrogens with zero attached hydrogens (tertiary/aromatic N) is 2. The summed E-state index contributed by atoms with van der Waals surface area (Å²) in [6, 6.07) is 12.7. The number of carbonyl (C=O) groups is 1. The van der Waals surface area contributed by atoms with Crippen LogP contribution in [-0.4, -0.2) is 30.8 Å². The van der Waals surface area contributed by atoms with Gasteiger partial charge in [-0.15, -0.1) is 0 Å². The topological polar surface area (TPSA) is 78.8 Å². The second-order valence-electron chi connectivity index (χ2n) is 6.86. The molecule has 0 saturated heterocycles. The third-order valence-corrected chi connectivity index (χ3v) is 6.05. The van der Waals surface area contributed by atoms with Gasteiger partial charge in [0.25, 0.3) is 0 Å². The van der Waals surface area contributed by atoms with Gasteiger partial charge in [-0.2, -0.15) is 5.10 Å². The smallest absolute Gasteiger partial charge is 0.243 e. The lowest BCUT2D eigenvalue weighted by Crippen LogP contribution is -2.27. The highest BCUT2D eigenvalue weighted by Crippen LogP contribution is 2.35. The van der Waals surface area contributed by atoms with Crippen LogP contribution in [0.15, 0.2) is 53.6 Å². The molecule has 3 rings (SSSR count). The minimum absolute atomic E-state index is 0.0349. The summed E-state index contributed by atoms with van der Waals surface area (Å²) in [5.74, 6) is -0.585. The van der Waals surface area contributed by atoms with E-state index < -0.39 is 16.1 Å². The Balaban J connectivity index is 1.95. The van der Waals surface area contributed by atoms with Crippen molar-refractivity contribution in [3.63, 3.8) is 0 Å². The summed E-state index contributed by atoms with van der Waals surface area (Å²) in [7, 11) is -3.41. The molecular formula is C21H24FN3O3S. The summed E-state index contributed by atoms with van der Waals surface area (Å²) < 4.78 is 40.6. The molecule has 29 heavy (non-hydrogen) atoms. The van der Waals surface area contributed by atoms with Crippen molar-refractivity contribution in [3.05, 3.63) is 65.5 Å². The summed E-state index contributed by atoms with van der Waals surface area (Å²) in [6.07, 6.45) is 1.33. The van der Waals surface area contributed by atoms with E-state index in [9.17, 15) is 17.6 Å². The first kappa shape index (κ1) is 21.0. The van der Waals surface area contributed by atoms with Gasteiger partial charge in [0.15, 0.2) is 0 Å². The number of benzene rings is 2. The van der Waals surface area contributed by atoms with Crippen molar-refractivity contribution in [2.24, 2.45) is 5.10 Å². The summed E-state index contributed by atoms with van der Waals surface area (Å²) in [5.41, 5.74) is 2.14. The van der Waals surface area contributed by atoms with E-state index in [1.807, 2.05) is 6.92 Å². The number of anilines is 1. The molecule has 6 nitrogen and oxygen atoms in total. The second-order valence-corrected chi connectivity index (χ2v) is 8.87. The molecule has 0 spiro atoms. The first-order valence-corrected chi connectivity index (χ1v) is 11.2. The van der Waals surface area contributed by atoms with Crippen molar-refractivity contribution >= 4 is 27.3 Å². The van der Waals surface area contributed by atoms with Gasteiger partial charge in [-0.1, -0.05) is 37.3 Å². The van der Waals surface area contributed by atoms with Crippen molar-refractivity contribution in [2.75, 3.05) is 10.5 Å². The Morgan fingerprint density at radius 1 is 1.21 bits per heavy atom. The highest BCUT2D eigenvalue weighted by molar-refractivity contribution is 7.92. The standard InChI is InChI=1S/C21H24FN3O3S/c1-3-8-21(26)25-20(17-11-5-6-12-18(17)22)14-19(23-25)15-9-7-10-16(13-15)24-29(27,28)4-2/h5-7,9-13,20,24H,3-4,8,14H2,1-2H3. The number of sulfonamides is 1. The SMILES string of the molecule is CCCC(=O)N1N=C(c2cccc(NS(=O)(=O)CC)c2)CC1c1ccccc1F. The van der Waals surface area contributed by atoms with Gasteiger partial charge in [-0.25, -0.2) is 17.8 Å². The normalized spacial score (nSPS) is 16.6. The molecule has 1 amide bonds. The van der Waals surface area contributed by atoms with E-state index in [1.54, 1.807) is 49.4 Å². The maximum Gasteiger partial charge on any atom is 0.243 e. The first-order valence-electron chi connectivity index (χ1n) is 9.59. The van der Waals surface area contributed by atoms with E-state index in [2.05, 4.69) is 9.82 Å². The Labute approximate surface area is 170 Å². The molecule has 1 atom stereocenters. The lowest BCUT2D eigenvalue weighted by atomic mass is 9.97. The zero-order valence-electron chi connectivity index (χ0n) is 16.4. The van der Waals surface area contributed by atoms with Gasteiger partial charge < -0.3 is 0 Å². The Kier molecular flexibility index (Phi) is 6.32. The highest BCUT2D eigenvalue weighted by Gasteiger charge is 2.34. The van der Waals surface area contributed by atoms with E-state index in [-0.39, 0.29) is 17.5 Å². The fourth-order valence-electron chi connectivity index (χ4n) is 3.24. The van der Waals surface area contributed by atoms with E-state index in [1.165, 1.54) is 11.1 Å². The number of hydrogen-bond donors (Lipinski definition) is 1. The lowest BCUT2D eigenvalue weighted by Gasteiger charge is -2.22. The number of amides is 1. The summed E-state index contributed by atoms with van der Waals surface area (Å²) in [6.45, 7) is 3.46. The summed E-state index contributed by atoms with van der Waals surface area (Å²) in [4.78, 5) is 12.6. The summed E-state index contributed by atoms with van der Waals surface area (Å²) in [5, 5.41) is 5.85. The first-order chi connectivity index (χ1) is 13.8. The van der Waals surface area contributed by atoms with Crippen LogP contribution in [0.4, 0.5) is 10.1 Å². The van der Waals surface area contributed by atoms with Crippen LogP contribution in [0, 0.1) is 5.82 Å². The van der Waals surface area contributed by atoms with Gasteiger partial charge in [-0.05, 0) is 37.1 Å². The monoisotopic (exact) mass is 417 g/mol. The minimum Gasteiger partial charge on any atom is -0.284 e. The molecule has 1 heterocycles. The minimum atomic E-state index is -3.41. The predicted molar refractivity (Wildman–Crippen MR) is 112 cm³/mol. The average Bonchev–Trinajstić information content (AvgIpc) is 3.14. The van der Waals surface area contributed by atoms with Gasteiger partial charge in [0.05, 0.1) is 17.5 Å². The molecule has 1 aliphatic heterocycles. The number of carbonyl (C=O) groups excluding carboxylic acids is 1. The highest BCUT2D eigenvalue weighted by atomic mass is 32.2. The van der Waals surface area contributed by atoms with Gasteiger partial charge in [0.1, 0.15) is 5.82 Å². The van der Waals surface area contributed by atoms with Gasteiger partial charge in [0, 0.05) is 24.1 Å². The number of halogens is 1. The van der Waals surface area contributed by atoms with Gasteiger partial charge >= 0.3 is 0 Å². The molecule has 0 bridgehead atoms. The maximum atomic E-state index is 14.4. The Morgan fingerprint density at radius 2 is 1.97 bits per heavy atom. The van der Waals surface area contributed by atoms with Crippen LogP contribution in [0.25, 0.3) is 0 Å². The molecule has 0 radical (unpaired) electrons. The number of hydrogen-bond acceptors (Lipinski definition) is 4. The Morgan fingerprint density at radius 3 is 2.66 bits per heavy atom. The van der Waals surface area contributed by atoms with Crippen LogP contribution in [0.1, 0.15) is 50.3 Å². The molecule has 154 valence electrons. The van der Waals surface area contributed by atoms with E-state index in [0.29, 0.717) is 41.8 Å². The van der Waals surface area contributed by atoms with Crippen LogP contribution < -0.4 is 4.72 Å². The zero-order chi connectivity index (χ0) is 21.0. The molecule has 8 heteroatoms. The van der Waals surface area contributed by atoms with Crippen molar-refractivity contribution in [1.82, 2.24) is 5.01 Å². The fraction of sp³-hybridized carbons (Fsp3) is 0.333. The van der Waals surface area contributed by atoms with Crippen molar-refractivity contribution < 1.29 is 17.6 Å². The molecule has 1 unspecified atom stereocenters. The Hall–Kier alpha value is -2.74. The third kappa shape index (κ3) is 4.82. The van der Waals surface area contributed by atoms with Gasteiger partial charge in [-0.3, -0.25) is 9.52 Å².